The number of hydrogen-bond donors (Lipinski definition) is 2. The highest BCUT2D eigenvalue weighted by Gasteiger charge is 2.15. The number of ether oxygens (including phenoxy) is 1. The molecule has 0 aliphatic carbocycles. The van der Waals surface area contributed by atoms with Crippen LogP contribution in [0.4, 0.5) is 4.79 Å². The smallest absolute Gasteiger partial charge is 0.407 e. The third-order valence-corrected chi connectivity index (χ3v) is 2.71. The van der Waals surface area contributed by atoms with Crippen LogP contribution in [0.2, 0.25) is 0 Å². The zero-order chi connectivity index (χ0) is 15.3. The highest BCUT2D eigenvalue weighted by molar-refractivity contribution is 5.77. The predicted octanol–water partition coefficient (Wildman–Crippen LogP) is 3.49. The molecule has 1 amide bonds. The summed E-state index contributed by atoms with van der Waals surface area (Å²) in [6.45, 7) is 6.08. The van der Waals surface area contributed by atoms with E-state index in [9.17, 15) is 4.79 Å². The van der Waals surface area contributed by atoms with E-state index in [0.29, 0.717) is 6.54 Å². The molecule has 5 heteroatoms. The molecule has 0 fully saturated rings. The summed E-state index contributed by atoms with van der Waals surface area (Å²) >= 11 is 0. The van der Waals surface area contributed by atoms with Gasteiger partial charge in [0, 0.05) is 18.9 Å². The van der Waals surface area contributed by atoms with E-state index < -0.39 is 5.60 Å². The molecular formula is C16H21N3O2. The Morgan fingerprint density at radius 3 is 3.05 bits per heavy atom. The number of nitrogens with zero attached hydrogens (tertiary/aromatic N) is 1. The monoisotopic (exact) mass is 287 g/mol. The summed E-state index contributed by atoms with van der Waals surface area (Å²) in [5.74, 6) is 0. The second-order valence-electron chi connectivity index (χ2n) is 5.80. The molecule has 2 rings (SSSR count). The molecule has 0 bridgehead atoms. The molecule has 5 nitrogen and oxygen atoms in total. The molecule has 0 radical (unpaired) electrons. The predicted molar refractivity (Wildman–Crippen MR) is 84.0 cm³/mol. The Morgan fingerprint density at radius 1 is 1.48 bits per heavy atom. The maximum Gasteiger partial charge on any atom is 0.407 e. The van der Waals surface area contributed by atoms with Crippen molar-refractivity contribution in [2.45, 2.75) is 32.8 Å². The van der Waals surface area contributed by atoms with E-state index in [2.05, 4.69) is 15.3 Å². The molecule has 0 aromatic carbocycles. The maximum absolute atomic E-state index is 11.4. The van der Waals surface area contributed by atoms with Crippen molar-refractivity contribution in [3.63, 3.8) is 0 Å². The number of fused-ring (bicyclic) bond motifs is 1. The summed E-state index contributed by atoms with van der Waals surface area (Å²) in [4.78, 5) is 18.9. The number of pyridine rings is 1. The molecule has 21 heavy (non-hydrogen) atoms. The molecule has 2 N–H and O–H groups in total. The molecule has 2 heterocycles. The van der Waals surface area contributed by atoms with Gasteiger partial charge in [-0.25, -0.2) is 4.79 Å². The number of H-pyrrole nitrogens is 1. The zero-order valence-corrected chi connectivity index (χ0v) is 12.6. The van der Waals surface area contributed by atoms with Crippen molar-refractivity contribution in [2.75, 3.05) is 6.54 Å². The van der Waals surface area contributed by atoms with E-state index in [1.807, 2.05) is 57.4 Å². The van der Waals surface area contributed by atoms with Gasteiger partial charge in [0.2, 0.25) is 0 Å². The van der Waals surface area contributed by atoms with Gasteiger partial charge in [0.25, 0.3) is 0 Å². The van der Waals surface area contributed by atoms with Gasteiger partial charge >= 0.3 is 6.09 Å². The summed E-state index contributed by atoms with van der Waals surface area (Å²) in [5.41, 5.74) is 2.54. The SMILES string of the molecule is CC(C)(C)OC(=O)NCCC=Cc1cnc2cc[nH]c2c1. The Bertz CT molecular complexity index is 638. The molecule has 2 aromatic heterocycles. The minimum absolute atomic E-state index is 0.384. The van der Waals surface area contributed by atoms with Gasteiger partial charge in [0.15, 0.2) is 0 Å². The average molecular weight is 287 g/mol. The molecule has 0 aliphatic heterocycles. The van der Waals surface area contributed by atoms with E-state index in [-0.39, 0.29) is 6.09 Å². The number of nitrogens with one attached hydrogen (secondary N) is 2. The van der Waals surface area contributed by atoms with Crippen LogP contribution in [0.1, 0.15) is 32.8 Å². The molecule has 0 unspecified atom stereocenters. The van der Waals surface area contributed by atoms with Gasteiger partial charge in [-0.15, -0.1) is 0 Å². The second-order valence-corrected chi connectivity index (χ2v) is 5.80. The first kappa shape index (κ1) is 15.1. The van der Waals surface area contributed by atoms with E-state index in [4.69, 9.17) is 4.74 Å². The van der Waals surface area contributed by atoms with Crippen LogP contribution in [0.25, 0.3) is 17.1 Å². The summed E-state index contributed by atoms with van der Waals surface area (Å²) in [5, 5.41) is 2.72. The lowest BCUT2D eigenvalue weighted by molar-refractivity contribution is 0.0529. The standard InChI is InChI=1S/C16H21N3O2/c1-16(2,3)21-15(20)18-8-5-4-6-12-10-14-13(19-11-12)7-9-17-14/h4,6-7,9-11,17H,5,8H2,1-3H3,(H,18,20). The van der Waals surface area contributed by atoms with E-state index in [1.165, 1.54) is 0 Å². The topological polar surface area (TPSA) is 67.0 Å². The van der Waals surface area contributed by atoms with Crippen molar-refractivity contribution in [2.24, 2.45) is 0 Å². The summed E-state index contributed by atoms with van der Waals surface area (Å²) < 4.78 is 5.15. The van der Waals surface area contributed by atoms with Crippen molar-refractivity contribution in [1.82, 2.24) is 15.3 Å². The van der Waals surface area contributed by atoms with Gasteiger partial charge in [-0.2, -0.15) is 0 Å². The normalized spacial score (nSPS) is 12.0. The molecule has 2 aromatic rings. The minimum atomic E-state index is -0.461. The van der Waals surface area contributed by atoms with E-state index >= 15 is 0 Å². The summed E-state index contributed by atoms with van der Waals surface area (Å²) in [6.07, 6.45) is 8.05. The van der Waals surface area contributed by atoms with Gasteiger partial charge in [-0.05, 0) is 44.9 Å². The van der Waals surface area contributed by atoms with Gasteiger partial charge < -0.3 is 15.0 Å². The number of rotatable bonds is 4. The Balaban J connectivity index is 1.76. The summed E-state index contributed by atoms with van der Waals surface area (Å²) in [7, 11) is 0. The largest absolute Gasteiger partial charge is 0.444 e. The van der Waals surface area contributed by atoms with Gasteiger partial charge in [-0.1, -0.05) is 12.2 Å². The fourth-order valence-corrected chi connectivity index (χ4v) is 1.83. The average Bonchev–Trinajstić information content (AvgIpc) is 2.83. The van der Waals surface area contributed by atoms with Crippen LogP contribution in [0.15, 0.2) is 30.6 Å². The maximum atomic E-state index is 11.4. The van der Waals surface area contributed by atoms with Crippen LogP contribution in [-0.2, 0) is 4.74 Å². The molecule has 0 aliphatic rings. The van der Waals surface area contributed by atoms with Crippen molar-refractivity contribution < 1.29 is 9.53 Å². The molecule has 0 saturated heterocycles. The molecule has 0 saturated carbocycles. The summed E-state index contributed by atoms with van der Waals surface area (Å²) in [6, 6.07) is 3.98. The number of aromatic nitrogens is 2. The highest BCUT2D eigenvalue weighted by atomic mass is 16.6. The van der Waals surface area contributed by atoms with Crippen molar-refractivity contribution >= 4 is 23.2 Å². The van der Waals surface area contributed by atoms with Crippen molar-refractivity contribution in [1.29, 1.82) is 0 Å². The second kappa shape index (κ2) is 6.43. The number of carbonyl (C=O) groups excluding carboxylic acids is 1. The van der Waals surface area contributed by atoms with E-state index in [0.717, 1.165) is 23.0 Å². The zero-order valence-electron chi connectivity index (χ0n) is 12.6. The molecule has 0 spiro atoms. The first-order chi connectivity index (χ1) is 9.94. The van der Waals surface area contributed by atoms with Crippen LogP contribution in [0.3, 0.4) is 0 Å². The number of alkyl carbamates (subject to hydrolysis) is 1. The van der Waals surface area contributed by atoms with Crippen molar-refractivity contribution in [3.05, 3.63) is 36.2 Å². The third kappa shape index (κ3) is 4.95. The number of amides is 1. The number of aromatic amines is 1. The lowest BCUT2D eigenvalue weighted by atomic mass is 10.2. The van der Waals surface area contributed by atoms with Crippen molar-refractivity contribution in [3.8, 4) is 0 Å². The molecule has 0 atom stereocenters. The fraction of sp³-hybridized carbons (Fsp3) is 0.375. The Morgan fingerprint density at radius 2 is 2.29 bits per heavy atom. The molecule has 112 valence electrons. The fourth-order valence-electron chi connectivity index (χ4n) is 1.83. The first-order valence-corrected chi connectivity index (χ1v) is 7.00. The van der Waals surface area contributed by atoms with Crippen LogP contribution in [0, 0.1) is 0 Å². The van der Waals surface area contributed by atoms with Gasteiger partial charge in [0.05, 0.1) is 11.0 Å². The Labute approximate surface area is 124 Å². The van der Waals surface area contributed by atoms with Crippen LogP contribution in [0.5, 0.6) is 0 Å². The Kier molecular flexibility index (Phi) is 4.62. The number of hydrogen-bond acceptors (Lipinski definition) is 3. The van der Waals surface area contributed by atoms with Gasteiger partial charge in [0.1, 0.15) is 5.60 Å². The minimum Gasteiger partial charge on any atom is -0.444 e. The van der Waals surface area contributed by atoms with E-state index in [1.54, 1.807) is 0 Å². The third-order valence-electron chi connectivity index (χ3n) is 2.71. The quantitative estimate of drug-likeness (QED) is 0.846. The van der Waals surface area contributed by atoms with Crippen LogP contribution < -0.4 is 5.32 Å². The van der Waals surface area contributed by atoms with Crippen LogP contribution >= 0.6 is 0 Å². The lowest BCUT2D eigenvalue weighted by Crippen LogP contribution is -2.32. The van der Waals surface area contributed by atoms with Gasteiger partial charge in [-0.3, -0.25) is 4.98 Å². The Hall–Kier alpha value is -2.30. The number of carbonyl (C=O) groups is 1. The first-order valence-electron chi connectivity index (χ1n) is 7.00. The molecular weight excluding hydrogens is 266 g/mol. The van der Waals surface area contributed by atoms with Crippen LogP contribution in [-0.4, -0.2) is 28.2 Å². The highest BCUT2D eigenvalue weighted by Crippen LogP contribution is 2.12. The lowest BCUT2D eigenvalue weighted by Gasteiger charge is -2.19.